The Kier molecular flexibility index (Phi) is 4.18. The van der Waals surface area contributed by atoms with Crippen LogP contribution in [0.25, 0.3) is 21.7 Å². The van der Waals surface area contributed by atoms with Crippen molar-refractivity contribution in [3.05, 3.63) is 81.4 Å². The van der Waals surface area contributed by atoms with Crippen molar-refractivity contribution in [2.24, 2.45) is 0 Å². The van der Waals surface area contributed by atoms with Crippen LogP contribution in [0.15, 0.2) is 47.3 Å². The number of pyridine rings is 1. The number of nitrogens with one attached hydrogen (secondary N) is 3. The first-order valence-electron chi connectivity index (χ1n) is 9.53. The second-order valence-electron chi connectivity index (χ2n) is 7.49. The van der Waals surface area contributed by atoms with Crippen LogP contribution in [0.2, 0.25) is 0 Å². The van der Waals surface area contributed by atoms with Gasteiger partial charge < -0.3 is 20.2 Å². The highest BCUT2D eigenvalue weighted by molar-refractivity contribution is 5.98. The highest BCUT2D eigenvalue weighted by Crippen LogP contribution is 2.32. The molecular weight excluding hydrogens is 390 g/mol. The molecule has 3 N–H and O–H groups in total. The van der Waals surface area contributed by atoms with Gasteiger partial charge in [-0.05, 0) is 29.7 Å². The molecule has 0 saturated carbocycles. The Morgan fingerprint density at radius 3 is 2.57 bits per heavy atom. The number of hydrogen-bond acceptors (Lipinski definition) is 3. The minimum Gasteiger partial charge on any atom is -0.351 e. The summed E-state index contributed by atoms with van der Waals surface area (Å²) in [5, 5.41) is 4.48. The summed E-state index contributed by atoms with van der Waals surface area (Å²) in [6.45, 7) is 0.778. The Labute approximate surface area is 169 Å². The number of amides is 1. The van der Waals surface area contributed by atoms with Gasteiger partial charge in [0.25, 0.3) is 11.5 Å². The molecule has 1 atom stereocenters. The second kappa shape index (κ2) is 6.77. The van der Waals surface area contributed by atoms with Crippen molar-refractivity contribution in [1.29, 1.82) is 0 Å². The third-order valence-electron chi connectivity index (χ3n) is 5.71. The van der Waals surface area contributed by atoms with E-state index >= 15 is 0 Å². The zero-order valence-corrected chi connectivity index (χ0v) is 16.1. The Balaban J connectivity index is 1.63. The fraction of sp³-hybridized carbons (Fsp3) is 0.182. The molecule has 5 rings (SSSR count). The Bertz CT molecular complexity index is 1340. The maximum Gasteiger partial charge on any atom is 0.270 e. The molecule has 152 valence electrons. The van der Waals surface area contributed by atoms with E-state index in [4.69, 9.17) is 0 Å². The first-order chi connectivity index (χ1) is 14.4. The average molecular weight is 408 g/mol. The zero-order chi connectivity index (χ0) is 21.0. The molecule has 2 aromatic carbocycles. The maximum atomic E-state index is 14.0. The number of aromatic nitrogens is 2. The molecule has 1 aliphatic rings. The van der Waals surface area contributed by atoms with E-state index in [2.05, 4.69) is 15.3 Å². The van der Waals surface area contributed by atoms with Crippen LogP contribution in [0, 0.1) is 11.6 Å². The molecule has 1 amide bonds. The summed E-state index contributed by atoms with van der Waals surface area (Å²) in [4.78, 5) is 33.0. The molecule has 30 heavy (non-hydrogen) atoms. The van der Waals surface area contributed by atoms with E-state index in [1.165, 1.54) is 0 Å². The molecule has 2 aromatic heterocycles. The molecule has 4 aromatic rings. The van der Waals surface area contributed by atoms with Crippen LogP contribution in [-0.4, -0.2) is 34.4 Å². The number of para-hydroxylation sites is 1. The standard InChI is InChI=1S/C22H18F2N4O2/c1-28(22(30)17-6-11-4-2-3-5-16(11)26-17)19-10-25-9-18-20(19)12-7-14(23)15(24)8-13(12)21(29)27-18/h2-8,19,25-26H,9-10H2,1H3,(H,27,29)/t19-/m0/s1. The van der Waals surface area contributed by atoms with E-state index in [-0.39, 0.29) is 11.3 Å². The molecule has 0 radical (unpaired) electrons. The van der Waals surface area contributed by atoms with Gasteiger partial charge in [-0.2, -0.15) is 0 Å². The predicted molar refractivity (Wildman–Crippen MR) is 109 cm³/mol. The number of aromatic amines is 2. The Hall–Kier alpha value is -3.52. The number of carbonyl (C=O) groups is 1. The second-order valence-corrected chi connectivity index (χ2v) is 7.49. The Morgan fingerprint density at radius 1 is 1.07 bits per heavy atom. The first kappa shape index (κ1) is 18.5. The molecule has 6 nitrogen and oxygen atoms in total. The minimum atomic E-state index is -1.08. The van der Waals surface area contributed by atoms with E-state index in [9.17, 15) is 18.4 Å². The lowest BCUT2D eigenvalue weighted by atomic mass is 9.93. The molecule has 1 aliphatic heterocycles. The number of rotatable bonds is 2. The number of H-pyrrole nitrogens is 2. The number of fused-ring (bicyclic) bond motifs is 4. The third-order valence-corrected chi connectivity index (χ3v) is 5.71. The van der Waals surface area contributed by atoms with Crippen molar-refractivity contribution >= 4 is 27.6 Å². The van der Waals surface area contributed by atoms with Crippen LogP contribution in [0.4, 0.5) is 8.78 Å². The number of halogens is 2. The molecule has 0 saturated heterocycles. The molecule has 0 spiro atoms. The summed E-state index contributed by atoms with van der Waals surface area (Å²) in [5.74, 6) is -2.36. The SMILES string of the molecule is CN(C(=O)c1cc2ccccc2[nH]1)[C@H]1CNCc2[nH]c(=O)c3cc(F)c(F)cc3c21. The zero-order valence-electron chi connectivity index (χ0n) is 16.1. The van der Waals surface area contributed by atoms with E-state index in [1.807, 2.05) is 24.3 Å². The fourth-order valence-corrected chi connectivity index (χ4v) is 4.20. The number of carbonyl (C=O) groups excluding carboxylic acids is 1. The van der Waals surface area contributed by atoms with Crippen LogP contribution in [0.3, 0.4) is 0 Å². The third kappa shape index (κ3) is 2.80. The van der Waals surface area contributed by atoms with Crippen LogP contribution >= 0.6 is 0 Å². The van der Waals surface area contributed by atoms with Crippen molar-refractivity contribution in [2.45, 2.75) is 12.6 Å². The van der Waals surface area contributed by atoms with Gasteiger partial charge in [0.15, 0.2) is 11.6 Å². The summed E-state index contributed by atoms with van der Waals surface area (Å²) in [6.07, 6.45) is 0. The van der Waals surface area contributed by atoms with Gasteiger partial charge >= 0.3 is 0 Å². The number of benzene rings is 2. The number of nitrogens with zero attached hydrogens (tertiary/aromatic N) is 1. The number of hydrogen-bond donors (Lipinski definition) is 3. The molecular formula is C22H18F2N4O2. The molecule has 0 bridgehead atoms. The maximum absolute atomic E-state index is 14.0. The summed E-state index contributed by atoms with van der Waals surface area (Å²) in [7, 11) is 1.66. The van der Waals surface area contributed by atoms with Gasteiger partial charge in [-0.3, -0.25) is 9.59 Å². The summed E-state index contributed by atoms with van der Waals surface area (Å²) in [6, 6.07) is 10.8. The van der Waals surface area contributed by atoms with Gasteiger partial charge in [-0.25, -0.2) is 8.78 Å². The molecule has 3 heterocycles. The largest absolute Gasteiger partial charge is 0.351 e. The fourth-order valence-electron chi connectivity index (χ4n) is 4.20. The smallest absolute Gasteiger partial charge is 0.270 e. The summed E-state index contributed by atoms with van der Waals surface area (Å²) < 4.78 is 27.8. The average Bonchev–Trinajstić information content (AvgIpc) is 3.18. The van der Waals surface area contributed by atoms with E-state index in [0.29, 0.717) is 35.4 Å². The van der Waals surface area contributed by atoms with Gasteiger partial charge in [-0.15, -0.1) is 0 Å². The van der Waals surface area contributed by atoms with Crippen molar-refractivity contribution in [2.75, 3.05) is 13.6 Å². The van der Waals surface area contributed by atoms with Crippen LogP contribution in [-0.2, 0) is 6.54 Å². The van der Waals surface area contributed by atoms with Gasteiger partial charge in [0.1, 0.15) is 5.69 Å². The van der Waals surface area contributed by atoms with Crippen LogP contribution in [0.5, 0.6) is 0 Å². The minimum absolute atomic E-state index is 0.0611. The van der Waals surface area contributed by atoms with Crippen LogP contribution < -0.4 is 10.9 Å². The van der Waals surface area contributed by atoms with Gasteiger partial charge in [0, 0.05) is 42.3 Å². The quantitative estimate of drug-likeness (QED) is 0.477. The van der Waals surface area contributed by atoms with Crippen molar-refractivity contribution in [3.8, 4) is 0 Å². The van der Waals surface area contributed by atoms with Gasteiger partial charge in [0.05, 0.1) is 11.4 Å². The van der Waals surface area contributed by atoms with Crippen LogP contribution in [0.1, 0.15) is 27.8 Å². The van der Waals surface area contributed by atoms with E-state index in [1.54, 1.807) is 18.0 Å². The van der Waals surface area contributed by atoms with Gasteiger partial charge in [-0.1, -0.05) is 18.2 Å². The normalized spacial score (nSPS) is 16.0. The monoisotopic (exact) mass is 408 g/mol. The molecule has 0 aliphatic carbocycles. The molecule has 0 unspecified atom stereocenters. The lowest BCUT2D eigenvalue weighted by molar-refractivity contribution is 0.0718. The van der Waals surface area contributed by atoms with E-state index < -0.39 is 23.2 Å². The van der Waals surface area contributed by atoms with E-state index in [0.717, 1.165) is 23.0 Å². The predicted octanol–water partition coefficient (Wildman–Crippen LogP) is 3.20. The molecule has 8 heteroatoms. The van der Waals surface area contributed by atoms with Crippen molar-refractivity contribution < 1.29 is 13.6 Å². The lowest BCUT2D eigenvalue weighted by Gasteiger charge is -2.34. The van der Waals surface area contributed by atoms with Gasteiger partial charge in [0.2, 0.25) is 0 Å². The van der Waals surface area contributed by atoms with Crippen molar-refractivity contribution in [1.82, 2.24) is 20.2 Å². The lowest BCUT2D eigenvalue weighted by Crippen LogP contribution is -2.42. The highest BCUT2D eigenvalue weighted by Gasteiger charge is 2.31. The first-order valence-corrected chi connectivity index (χ1v) is 9.53. The number of likely N-dealkylation sites (N-methyl/N-ethyl adjacent to an activating group) is 1. The summed E-state index contributed by atoms with van der Waals surface area (Å²) >= 11 is 0. The topological polar surface area (TPSA) is 81.0 Å². The molecule has 0 fully saturated rings. The Morgan fingerprint density at radius 2 is 1.80 bits per heavy atom. The summed E-state index contributed by atoms with van der Waals surface area (Å²) in [5.41, 5.74) is 1.97. The highest BCUT2D eigenvalue weighted by atomic mass is 19.2. The van der Waals surface area contributed by atoms with Crippen molar-refractivity contribution in [3.63, 3.8) is 0 Å².